The Kier molecular flexibility index (Phi) is 4.37. The van der Waals surface area contributed by atoms with Gasteiger partial charge in [0.15, 0.2) is 11.5 Å². The minimum Gasteiger partial charge on any atom is -0.510 e. The fraction of sp³-hybridized carbons (Fsp3) is 0.524. The average molecular weight is 390 g/mol. The van der Waals surface area contributed by atoms with Gasteiger partial charge in [-0.25, -0.2) is 0 Å². The van der Waals surface area contributed by atoms with Crippen LogP contribution in [-0.4, -0.2) is 54.1 Å². The topological polar surface area (TPSA) is 97.6 Å². The number of allylic oxidation sites excluding steroid dienone is 1. The van der Waals surface area contributed by atoms with Crippen molar-refractivity contribution in [2.45, 2.75) is 37.1 Å². The van der Waals surface area contributed by atoms with Crippen molar-refractivity contribution in [3.8, 4) is 17.2 Å². The minimum atomic E-state index is -1.43. The van der Waals surface area contributed by atoms with Gasteiger partial charge in [0.25, 0.3) is 0 Å². The van der Waals surface area contributed by atoms with Crippen molar-refractivity contribution in [2.24, 2.45) is 11.3 Å². The summed E-state index contributed by atoms with van der Waals surface area (Å²) >= 11 is 0. The fourth-order valence-corrected chi connectivity index (χ4v) is 5.49. The Hall–Kier alpha value is -2.22. The van der Waals surface area contributed by atoms with E-state index in [1.165, 1.54) is 7.11 Å². The van der Waals surface area contributed by atoms with Crippen LogP contribution < -0.4 is 14.2 Å². The molecule has 1 heterocycles. The molecule has 2 bridgehead atoms. The van der Waals surface area contributed by atoms with E-state index in [0.717, 1.165) is 5.56 Å². The molecule has 0 radical (unpaired) electrons. The number of aliphatic hydroxyl groups excluding tert-OH is 3. The summed E-state index contributed by atoms with van der Waals surface area (Å²) in [4.78, 5) is 0. The van der Waals surface area contributed by atoms with Crippen LogP contribution in [0.3, 0.4) is 0 Å². The SMILES string of the molecule is C=CCC12C=C(O)C(O)C(OC)(C(c3cc(OC)c4c(c3)OCO4)C1C)C2O. The second kappa shape index (κ2) is 6.40. The Labute approximate surface area is 163 Å². The molecule has 28 heavy (non-hydrogen) atoms. The highest BCUT2D eigenvalue weighted by Gasteiger charge is 2.71. The predicted molar refractivity (Wildman–Crippen MR) is 101 cm³/mol. The van der Waals surface area contributed by atoms with Gasteiger partial charge in [-0.05, 0) is 36.1 Å². The number of rotatable bonds is 5. The van der Waals surface area contributed by atoms with Crippen LogP contribution in [0.2, 0.25) is 0 Å². The summed E-state index contributed by atoms with van der Waals surface area (Å²) in [6.45, 7) is 5.90. The van der Waals surface area contributed by atoms with Gasteiger partial charge in [0.2, 0.25) is 12.5 Å². The standard InChI is InChI=1S/C21H26O7/c1-5-6-20-9-13(22)18(23)21(26-4,19(20)24)16(11(20)2)12-7-14(25-3)17-15(8-12)27-10-28-17/h5,7-9,11,16,18-19,22-24H,1,6,10H2,2-4H3. The first-order valence-corrected chi connectivity index (χ1v) is 9.28. The zero-order chi connectivity index (χ0) is 20.3. The highest BCUT2D eigenvalue weighted by Crippen LogP contribution is 2.65. The molecule has 2 aliphatic carbocycles. The number of hydrogen-bond acceptors (Lipinski definition) is 7. The van der Waals surface area contributed by atoms with E-state index in [1.54, 1.807) is 19.3 Å². The van der Waals surface area contributed by atoms with E-state index < -0.39 is 29.1 Å². The summed E-state index contributed by atoms with van der Waals surface area (Å²) in [6, 6.07) is 3.64. The zero-order valence-corrected chi connectivity index (χ0v) is 16.2. The molecule has 1 aromatic rings. The summed E-state index contributed by atoms with van der Waals surface area (Å²) < 4.78 is 22.3. The normalized spacial score (nSPS) is 38.2. The molecule has 1 saturated carbocycles. The Morgan fingerprint density at radius 2 is 2.04 bits per heavy atom. The summed E-state index contributed by atoms with van der Waals surface area (Å²) in [5, 5.41) is 32.8. The van der Waals surface area contributed by atoms with Crippen LogP contribution in [0, 0.1) is 11.3 Å². The minimum absolute atomic E-state index is 0.0960. The van der Waals surface area contributed by atoms with Crippen LogP contribution in [0.15, 0.2) is 36.6 Å². The van der Waals surface area contributed by atoms with Crippen LogP contribution in [0.25, 0.3) is 0 Å². The van der Waals surface area contributed by atoms with E-state index in [-0.39, 0.29) is 18.5 Å². The second-order valence-electron chi connectivity index (χ2n) is 7.76. The van der Waals surface area contributed by atoms with Crippen molar-refractivity contribution in [1.29, 1.82) is 0 Å². The Morgan fingerprint density at radius 3 is 2.68 bits per heavy atom. The van der Waals surface area contributed by atoms with E-state index in [4.69, 9.17) is 18.9 Å². The lowest BCUT2D eigenvalue weighted by Crippen LogP contribution is -2.59. The van der Waals surface area contributed by atoms with Gasteiger partial charge in [0.05, 0.1) is 13.2 Å². The first kappa shape index (κ1) is 19.1. The number of fused-ring (bicyclic) bond motifs is 3. The summed E-state index contributed by atoms with van der Waals surface area (Å²) in [5.74, 6) is 0.721. The van der Waals surface area contributed by atoms with Gasteiger partial charge in [0, 0.05) is 18.4 Å². The Balaban J connectivity index is 1.94. The highest BCUT2D eigenvalue weighted by molar-refractivity contribution is 5.57. The maximum atomic E-state index is 11.4. The lowest BCUT2D eigenvalue weighted by molar-refractivity contribution is -0.177. The lowest BCUT2D eigenvalue weighted by atomic mass is 9.69. The Morgan fingerprint density at radius 1 is 1.29 bits per heavy atom. The fourth-order valence-electron chi connectivity index (χ4n) is 5.49. The molecule has 0 spiro atoms. The molecule has 4 rings (SSSR count). The van der Waals surface area contributed by atoms with Crippen LogP contribution in [0.1, 0.15) is 24.8 Å². The van der Waals surface area contributed by atoms with Gasteiger partial charge in [-0.15, -0.1) is 6.58 Å². The van der Waals surface area contributed by atoms with Gasteiger partial charge in [0.1, 0.15) is 17.5 Å². The van der Waals surface area contributed by atoms with E-state index in [2.05, 4.69) is 6.58 Å². The predicted octanol–water partition coefficient (Wildman–Crippen LogP) is 2.28. The number of benzene rings is 1. The van der Waals surface area contributed by atoms with Crippen molar-refractivity contribution in [1.82, 2.24) is 0 Å². The first-order valence-electron chi connectivity index (χ1n) is 9.28. The number of aliphatic hydroxyl groups is 3. The lowest BCUT2D eigenvalue weighted by Gasteiger charge is -2.45. The van der Waals surface area contributed by atoms with Gasteiger partial charge in [-0.1, -0.05) is 13.0 Å². The summed E-state index contributed by atoms with van der Waals surface area (Å²) in [6.07, 6.45) is 1.28. The summed E-state index contributed by atoms with van der Waals surface area (Å²) in [7, 11) is 2.98. The maximum Gasteiger partial charge on any atom is 0.231 e. The quantitative estimate of drug-likeness (QED) is 0.664. The largest absolute Gasteiger partial charge is 0.510 e. The van der Waals surface area contributed by atoms with E-state index in [0.29, 0.717) is 23.7 Å². The maximum absolute atomic E-state index is 11.4. The number of hydrogen-bond donors (Lipinski definition) is 3. The molecular formula is C21H26O7. The molecule has 1 aromatic carbocycles. The Bertz CT molecular complexity index is 834. The smallest absolute Gasteiger partial charge is 0.231 e. The van der Waals surface area contributed by atoms with Gasteiger partial charge in [-0.3, -0.25) is 0 Å². The van der Waals surface area contributed by atoms with Crippen molar-refractivity contribution in [3.63, 3.8) is 0 Å². The highest BCUT2D eigenvalue weighted by atomic mass is 16.7. The van der Waals surface area contributed by atoms with Crippen LogP contribution in [0.4, 0.5) is 0 Å². The van der Waals surface area contributed by atoms with Crippen LogP contribution in [-0.2, 0) is 4.74 Å². The third-order valence-corrected chi connectivity index (χ3v) is 6.79. The van der Waals surface area contributed by atoms with Crippen molar-refractivity contribution >= 4 is 0 Å². The molecule has 7 heteroatoms. The molecule has 6 atom stereocenters. The molecular weight excluding hydrogens is 364 g/mol. The van der Waals surface area contributed by atoms with Crippen molar-refractivity contribution in [3.05, 3.63) is 42.2 Å². The zero-order valence-electron chi connectivity index (χ0n) is 16.2. The van der Waals surface area contributed by atoms with E-state index in [9.17, 15) is 15.3 Å². The monoisotopic (exact) mass is 390 g/mol. The summed E-state index contributed by atoms with van der Waals surface area (Å²) in [5.41, 5.74) is -1.49. The average Bonchev–Trinajstić information content (AvgIpc) is 3.21. The van der Waals surface area contributed by atoms with Gasteiger partial charge >= 0.3 is 0 Å². The molecule has 1 fully saturated rings. The third kappa shape index (κ3) is 2.15. The van der Waals surface area contributed by atoms with Crippen molar-refractivity contribution in [2.75, 3.05) is 21.0 Å². The molecule has 0 amide bonds. The van der Waals surface area contributed by atoms with E-state index in [1.807, 2.05) is 19.1 Å². The number of methoxy groups -OCH3 is 2. The first-order chi connectivity index (χ1) is 13.4. The molecule has 3 aliphatic rings. The molecule has 7 nitrogen and oxygen atoms in total. The van der Waals surface area contributed by atoms with Crippen LogP contribution >= 0.6 is 0 Å². The molecule has 152 valence electrons. The van der Waals surface area contributed by atoms with E-state index >= 15 is 0 Å². The van der Waals surface area contributed by atoms with Crippen LogP contribution in [0.5, 0.6) is 17.2 Å². The second-order valence-corrected chi connectivity index (χ2v) is 7.76. The number of ether oxygens (including phenoxy) is 4. The third-order valence-electron chi connectivity index (χ3n) is 6.79. The molecule has 0 aromatic heterocycles. The molecule has 0 saturated heterocycles. The molecule has 1 aliphatic heterocycles. The molecule has 6 unspecified atom stereocenters. The van der Waals surface area contributed by atoms with Gasteiger partial charge < -0.3 is 34.3 Å². The molecule has 3 N–H and O–H groups in total. The van der Waals surface area contributed by atoms with Crippen molar-refractivity contribution < 1.29 is 34.3 Å². The van der Waals surface area contributed by atoms with Gasteiger partial charge in [-0.2, -0.15) is 0 Å².